The Morgan fingerprint density at radius 2 is 2.00 bits per heavy atom. The normalized spacial score (nSPS) is 23.9. The Bertz CT molecular complexity index is 743. The van der Waals surface area contributed by atoms with Crippen LogP contribution >= 0.6 is 11.3 Å². The van der Waals surface area contributed by atoms with Crippen molar-refractivity contribution in [3.05, 3.63) is 58.3 Å². The van der Waals surface area contributed by atoms with Gasteiger partial charge in [-0.2, -0.15) is 0 Å². The summed E-state index contributed by atoms with van der Waals surface area (Å²) >= 11 is 1.87. The standard InChI is InChI=1S/C23H32N4S/c1-24-23(27-13-11-21(17-27)20-8-3-2-4-9-20)25-15-19-7-5-12-26(16-19)18-22-10-6-14-28-22/h2-4,6,8-10,14,19,21H,5,7,11-13,15-18H2,1H3,(H,24,25). The van der Waals surface area contributed by atoms with Crippen LogP contribution in [-0.2, 0) is 6.54 Å². The molecule has 1 N–H and O–H groups in total. The van der Waals surface area contributed by atoms with Crippen LogP contribution in [0.15, 0.2) is 52.8 Å². The van der Waals surface area contributed by atoms with E-state index in [2.05, 4.69) is 68.0 Å². The lowest BCUT2D eigenvalue weighted by molar-refractivity contribution is 0.169. The van der Waals surface area contributed by atoms with Crippen LogP contribution in [0.25, 0.3) is 0 Å². The molecule has 150 valence electrons. The van der Waals surface area contributed by atoms with E-state index in [0.717, 1.165) is 32.1 Å². The van der Waals surface area contributed by atoms with Gasteiger partial charge in [-0.1, -0.05) is 36.4 Å². The highest BCUT2D eigenvalue weighted by Gasteiger charge is 2.27. The molecule has 2 unspecified atom stereocenters. The van der Waals surface area contributed by atoms with Crippen molar-refractivity contribution < 1.29 is 0 Å². The molecule has 2 saturated heterocycles. The summed E-state index contributed by atoms with van der Waals surface area (Å²) < 4.78 is 0. The van der Waals surface area contributed by atoms with Crippen molar-refractivity contribution >= 4 is 17.3 Å². The molecule has 0 amide bonds. The average molecular weight is 397 g/mol. The van der Waals surface area contributed by atoms with E-state index in [1.807, 2.05) is 18.4 Å². The summed E-state index contributed by atoms with van der Waals surface area (Å²) in [4.78, 5) is 11.1. The molecular weight excluding hydrogens is 364 g/mol. The van der Waals surface area contributed by atoms with Crippen molar-refractivity contribution in [1.82, 2.24) is 15.1 Å². The minimum Gasteiger partial charge on any atom is -0.356 e. The maximum absolute atomic E-state index is 4.58. The number of benzene rings is 1. The van der Waals surface area contributed by atoms with Gasteiger partial charge in [-0.15, -0.1) is 11.3 Å². The molecule has 1 aromatic carbocycles. The molecular formula is C23H32N4S. The number of hydrogen-bond donors (Lipinski definition) is 1. The second kappa shape index (κ2) is 9.57. The molecule has 0 spiro atoms. The van der Waals surface area contributed by atoms with Gasteiger partial charge in [-0.25, -0.2) is 0 Å². The van der Waals surface area contributed by atoms with Gasteiger partial charge in [0.05, 0.1) is 0 Å². The first-order chi connectivity index (χ1) is 13.8. The number of aliphatic imine (C=N–C) groups is 1. The van der Waals surface area contributed by atoms with Crippen LogP contribution in [0.3, 0.4) is 0 Å². The third-order valence-electron chi connectivity index (χ3n) is 6.08. The van der Waals surface area contributed by atoms with E-state index in [1.165, 1.54) is 42.8 Å². The average Bonchev–Trinajstić information content (AvgIpc) is 3.42. The molecule has 4 nitrogen and oxygen atoms in total. The molecule has 2 atom stereocenters. The fraction of sp³-hybridized carbons (Fsp3) is 0.522. The highest BCUT2D eigenvalue weighted by Crippen LogP contribution is 2.27. The quantitative estimate of drug-likeness (QED) is 0.612. The van der Waals surface area contributed by atoms with Crippen molar-refractivity contribution in [3.8, 4) is 0 Å². The first kappa shape index (κ1) is 19.5. The van der Waals surface area contributed by atoms with Crippen LogP contribution in [0.2, 0.25) is 0 Å². The summed E-state index contributed by atoms with van der Waals surface area (Å²) in [6.45, 7) is 6.71. The van der Waals surface area contributed by atoms with Crippen LogP contribution in [-0.4, -0.2) is 55.5 Å². The molecule has 28 heavy (non-hydrogen) atoms. The van der Waals surface area contributed by atoms with Gasteiger partial charge in [0, 0.05) is 50.6 Å². The van der Waals surface area contributed by atoms with Crippen LogP contribution in [0, 0.1) is 5.92 Å². The van der Waals surface area contributed by atoms with Gasteiger partial charge in [-0.05, 0) is 48.7 Å². The maximum Gasteiger partial charge on any atom is 0.193 e. The molecule has 1 aromatic heterocycles. The van der Waals surface area contributed by atoms with Crippen LogP contribution in [0.5, 0.6) is 0 Å². The van der Waals surface area contributed by atoms with E-state index in [1.54, 1.807) is 0 Å². The highest BCUT2D eigenvalue weighted by atomic mass is 32.1. The molecule has 2 fully saturated rings. The summed E-state index contributed by atoms with van der Waals surface area (Å²) in [6.07, 6.45) is 3.83. The van der Waals surface area contributed by atoms with E-state index >= 15 is 0 Å². The van der Waals surface area contributed by atoms with E-state index in [9.17, 15) is 0 Å². The van der Waals surface area contributed by atoms with Crippen molar-refractivity contribution in [2.45, 2.75) is 31.7 Å². The van der Waals surface area contributed by atoms with Crippen LogP contribution < -0.4 is 5.32 Å². The van der Waals surface area contributed by atoms with Gasteiger partial charge in [0.1, 0.15) is 0 Å². The first-order valence-electron chi connectivity index (χ1n) is 10.6. The third kappa shape index (κ3) is 4.95. The van der Waals surface area contributed by atoms with E-state index in [0.29, 0.717) is 11.8 Å². The van der Waals surface area contributed by atoms with Crippen LogP contribution in [0.4, 0.5) is 0 Å². The number of piperidine rings is 1. The Labute approximate surface area is 173 Å². The lowest BCUT2D eigenvalue weighted by atomic mass is 9.98. The van der Waals surface area contributed by atoms with Gasteiger partial charge in [0.15, 0.2) is 5.96 Å². The lowest BCUT2D eigenvalue weighted by Crippen LogP contribution is -2.45. The molecule has 0 aliphatic carbocycles. The smallest absolute Gasteiger partial charge is 0.193 e. The van der Waals surface area contributed by atoms with Crippen molar-refractivity contribution in [1.29, 1.82) is 0 Å². The van der Waals surface area contributed by atoms with Gasteiger partial charge in [0.25, 0.3) is 0 Å². The van der Waals surface area contributed by atoms with E-state index in [-0.39, 0.29) is 0 Å². The highest BCUT2D eigenvalue weighted by molar-refractivity contribution is 7.09. The minimum atomic E-state index is 0.621. The molecule has 2 aromatic rings. The Morgan fingerprint density at radius 1 is 1.11 bits per heavy atom. The zero-order valence-corrected chi connectivity index (χ0v) is 17.7. The molecule has 0 radical (unpaired) electrons. The first-order valence-corrected chi connectivity index (χ1v) is 11.4. The largest absolute Gasteiger partial charge is 0.356 e. The van der Waals surface area contributed by atoms with E-state index in [4.69, 9.17) is 0 Å². The molecule has 2 aliphatic rings. The number of rotatable bonds is 5. The Hall–Kier alpha value is -1.85. The molecule has 0 bridgehead atoms. The van der Waals surface area contributed by atoms with Crippen molar-refractivity contribution in [3.63, 3.8) is 0 Å². The number of guanidine groups is 1. The predicted molar refractivity (Wildman–Crippen MR) is 119 cm³/mol. The Balaban J connectivity index is 1.26. The summed E-state index contributed by atoms with van der Waals surface area (Å²) in [5.41, 5.74) is 1.46. The monoisotopic (exact) mass is 396 g/mol. The number of nitrogens with one attached hydrogen (secondary N) is 1. The number of hydrogen-bond acceptors (Lipinski definition) is 3. The van der Waals surface area contributed by atoms with Crippen LogP contribution in [0.1, 0.15) is 35.6 Å². The molecule has 0 saturated carbocycles. The molecule has 5 heteroatoms. The fourth-order valence-corrected chi connectivity index (χ4v) is 5.35. The van der Waals surface area contributed by atoms with E-state index < -0.39 is 0 Å². The summed E-state index contributed by atoms with van der Waals surface area (Å²) in [5, 5.41) is 5.87. The van der Waals surface area contributed by atoms with Gasteiger partial charge in [0.2, 0.25) is 0 Å². The zero-order chi connectivity index (χ0) is 19.2. The summed E-state index contributed by atoms with van der Waals surface area (Å²) in [5.74, 6) is 2.41. The topological polar surface area (TPSA) is 30.9 Å². The Morgan fingerprint density at radius 3 is 2.79 bits per heavy atom. The van der Waals surface area contributed by atoms with Gasteiger partial charge in [-0.3, -0.25) is 9.89 Å². The Kier molecular flexibility index (Phi) is 6.65. The van der Waals surface area contributed by atoms with Gasteiger partial charge < -0.3 is 10.2 Å². The molecule has 4 rings (SSSR count). The zero-order valence-electron chi connectivity index (χ0n) is 16.9. The third-order valence-corrected chi connectivity index (χ3v) is 6.94. The second-order valence-corrected chi connectivity index (χ2v) is 9.13. The lowest BCUT2D eigenvalue weighted by Gasteiger charge is -2.33. The number of nitrogens with zero attached hydrogens (tertiary/aromatic N) is 3. The van der Waals surface area contributed by atoms with Crippen molar-refractivity contribution in [2.75, 3.05) is 39.8 Å². The predicted octanol–water partition coefficient (Wildman–Crippen LogP) is 4.03. The number of thiophene rings is 1. The van der Waals surface area contributed by atoms with Gasteiger partial charge >= 0.3 is 0 Å². The molecule has 2 aliphatic heterocycles. The minimum absolute atomic E-state index is 0.621. The fourth-order valence-electron chi connectivity index (χ4n) is 4.60. The SMILES string of the molecule is CN=C(NCC1CCCN(Cc2cccs2)C1)N1CCC(c2ccccc2)C1. The maximum atomic E-state index is 4.58. The summed E-state index contributed by atoms with van der Waals surface area (Å²) in [6, 6.07) is 15.3. The van der Waals surface area contributed by atoms with Crippen molar-refractivity contribution in [2.24, 2.45) is 10.9 Å². The molecule has 3 heterocycles. The second-order valence-electron chi connectivity index (χ2n) is 8.09. The summed E-state index contributed by atoms with van der Waals surface area (Å²) in [7, 11) is 1.92. The number of likely N-dealkylation sites (tertiary alicyclic amines) is 2.